The third-order valence-electron chi connectivity index (χ3n) is 2.77. The second kappa shape index (κ2) is 6.41. The van der Waals surface area contributed by atoms with Crippen molar-refractivity contribution in [2.45, 2.75) is 23.3 Å². The van der Waals surface area contributed by atoms with Gasteiger partial charge < -0.3 is 20.6 Å². The molecule has 0 spiro atoms. The van der Waals surface area contributed by atoms with Gasteiger partial charge in [0.1, 0.15) is 11.0 Å². The number of rotatable bonds is 5. The molecule has 9 heteroatoms. The van der Waals surface area contributed by atoms with Gasteiger partial charge in [-0.25, -0.2) is 0 Å². The van der Waals surface area contributed by atoms with Gasteiger partial charge in [0.05, 0.1) is 26.6 Å². The summed E-state index contributed by atoms with van der Waals surface area (Å²) in [5, 5.41) is 9.28. The molecule has 0 aliphatic heterocycles. The van der Waals surface area contributed by atoms with Crippen molar-refractivity contribution in [1.82, 2.24) is 4.98 Å². The monoisotopic (exact) mass is 342 g/mol. The number of hydrogen-bond acceptors (Lipinski definition) is 7. The van der Waals surface area contributed by atoms with E-state index >= 15 is 0 Å². The summed E-state index contributed by atoms with van der Waals surface area (Å²) in [7, 11) is 0. The van der Waals surface area contributed by atoms with Gasteiger partial charge in [-0.2, -0.15) is 0 Å². The van der Waals surface area contributed by atoms with E-state index in [-0.39, 0.29) is 23.4 Å². The molecule has 118 valence electrons. The topological polar surface area (TPSA) is 122 Å². The zero-order valence-electron chi connectivity index (χ0n) is 11.8. The number of thioether (sulfide) groups is 1. The molecule has 0 fully saturated rings. The lowest BCUT2D eigenvalue weighted by molar-refractivity contribution is -0.142. The summed E-state index contributed by atoms with van der Waals surface area (Å²) >= 11 is 2.18. The third-order valence-corrected chi connectivity index (χ3v) is 5.28. The molecule has 1 atom stereocenters. The standard InChI is InChI=1S/C13H14N2O5S2/c1-3-20-12(19)5(2)21-13-8(11(14)18)9-10(22-13)6(16)4-7(17)15-9/h4-5H,3H2,1-2H3,(H2,14,18)(H2,15,16,17). The van der Waals surface area contributed by atoms with E-state index in [9.17, 15) is 19.5 Å². The lowest BCUT2D eigenvalue weighted by Crippen LogP contribution is -2.18. The first-order valence-corrected chi connectivity index (χ1v) is 8.06. The van der Waals surface area contributed by atoms with Crippen LogP contribution in [0.15, 0.2) is 15.1 Å². The number of primary amides is 1. The highest BCUT2D eigenvalue weighted by atomic mass is 32.2. The molecule has 2 aromatic heterocycles. The Morgan fingerprint density at radius 3 is 2.82 bits per heavy atom. The highest BCUT2D eigenvalue weighted by molar-refractivity contribution is 8.02. The van der Waals surface area contributed by atoms with E-state index in [1.807, 2.05) is 0 Å². The number of esters is 1. The van der Waals surface area contributed by atoms with Crippen molar-refractivity contribution in [2.24, 2.45) is 5.73 Å². The van der Waals surface area contributed by atoms with Crippen molar-refractivity contribution >= 4 is 45.2 Å². The Labute approximate surface area is 133 Å². The molecule has 4 N–H and O–H groups in total. The fraction of sp³-hybridized carbons (Fsp3) is 0.308. The van der Waals surface area contributed by atoms with E-state index < -0.39 is 22.7 Å². The van der Waals surface area contributed by atoms with E-state index in [1.54, 1.807) is 13.8 Å². The maximum Gasteiger partial charge on any atom is 0.319 e. The van der Waals surface area contributed by atoms with Crippen LogP contribution >= 0.6 is 23.1 Å². The van der Waals surface area contributed by atoms with Gasteiger partial charge in [0, 0.05) is 6.07 Å². The molecule has 0 saturated carbocycles. The molecule has 7 nitrogen and oxygen atoms in total. The number of carbonyl (C=O) groups is 2. The Balaban J connectivity index is 2.52. The van der Waals surface area contributed by atoms with Gasteiger partial charge in [-0.3, -0.25) is 14.4 Å². The van der Waals surface area contributed by atoms with Crippen molar-refractivity contribution in [2.75, 3.05) is 6.61 Å². The molecule has 1 unspecified atom stereocenters. The first-order valence-electron chi connectivity index (χ1n) is 6.37. The van der Waals surface area contributed by atoms with Gasteiger partial charge in [-0.1, -0.05) is 11.8 Å². The van der Waals surface area contributed by atoms with Gasteiger partial charge in [0.2, 0.25) is 0 Å². The summed E-state index contributed by atoms with van der Waals surface area (Å²) in [5.74, 6) is -1.40. The Morgan fingerprint density at radius 1 is 1.55 bits per heavy atom. The van der Waals surface area contributed by atoms with Crippen molar-refractivity contribution < 1.29 is 19.4 Å². The molecular weight excluding hydrogens is 328 g/mol. The van der Waals surface area contributed by atoms with E-state index in [1.165, 1.54) is 0 Å². The maximum atomic E-state index is 11.7. The minimum atomic E-state index is -0.744. The fourth-order valence-electron chi connectivity index (χ4n) is 1.83. The van der Waals surface area contributed by atoms with Gasteiger partial charge in [-0.15, -0.1) is 11.3 Å². The Morgan fingerprint density at radius 2 is 2.23 bits per heavy atom. The van der Waals surface area contributed by atoms with Crippen molar-refractivity contribution in [1.29, 1.82) is 0 Å². The van der Waals surface area contributed by atoms with Crippen LogP contribution in [-0.2, 0) is 9.53 Å². The molecule has 2 aromatic rings. The molecule has 0 aliphatic rings. The summed E-state index contributed by atoms with van der Waals surface area (Å²) in [6.07, 6.45) is 0. The van der Waals surface area contributed by atoms with Crippen molar-refractivity contribution in [3.05, 3.63) is 22.0 Å². The lowest BCUT2D eigenvalue weighted by Gasteiger charge is -2.09. The van der Waals surface area contributed by atoms with Crippen LogP contribution in [0, 0.1) is 0 Å². The maximum absolute atomic E-state index is 11.7. The van der Waals surface area contributed by atoms with Crippen molar-refractivity contribution in [3.63, 3.8) is 0 Å². The van der Waals surface area contributed by atoms with Gasteiger partial charge in [0.25, 0.3) is 11.5 Å². The molecule has 1 amide bonds. The Hall–Kier alpha value is -2.00. The number of nitrogens with two attached hydrogens (primary N) is 1. The van der Waals surface area contributed by atoms with Crippen LogP contribution < -0.4 is 11.3 Å². The highest BCUT2D eigenvalue weighted by Crippen LogP contribution is 2.41. The number of hydrogen-bond donors (Lipinski definition) is 3. The first kappa shape index (κ1) is 16.4. The van der Waals surface area contributed by atoms with E-state index in [0.717, 1.165) is 29.2 Å². The van der Waals surface area contributed by atoms with Crippen LogP contribution in [0.1, 0.15) is 24.2 Å². The molecule has 0 bridgehead atoms. The number of carbonyl (C=O) groups excluding carboxylic acids is 2. The largest absolute Gasteiger partial charge is 0.506 e. The molecule has 0 aliphatic carbocycles. The fourth-order valence-corrected chi connectivity index (χ4v) is 4.42. The normalized spacial score (nSPS) is 12.3. The molecule has 2 rings (SSSR count). The number of H-pyrrole nitrogens is 1. The second-order valence-corrected chi connectivity index (χ2v) is 6.99. The van der Waals surface area contributed by atoms with Crippen LogP contribution in [0.2, 0.25) is 0 Å². The zero-order valence-corrected chi connectivity index (χ0v) is 13.5. The molecule has 22 heavy (non-hydrogen) atoms. The minimum Gasteiger partial charge on any atom is -0.506 e. The van der Waals surface area contributed by atoms with Crippen LogP contribution in [-0.4, -0.2) is 33.8 Å². The molecule has 0 radical (unpaired) electrons. The zero-order chi connectivity index (χ0) is 16.4. The second-order valence-electron chi connectivity index (χ2n) is 4.36. The number of amides is 1. The van der Waals surface area contributed by atoms with Crippen molar-refractivity contribution in [3.8, 4) is 5.75 Å². The van der Waals surface area contributed by atoms with Gasteiger partial charge in [-0.05, 0) is 13.8 Å². The number of nitrogens with one attached hydrogen (secondary N) is 1. The first-order chi connectivity index (χ1) is 10.3. The average Bonchev–Trinajstić information content (AvgIpc) is 2.77. The summed E-state index contributed by atoms with van der Waals surface area (Å²) < 4.78 is 5.70. The lowest BCUT2D eigenvalue weighted by atomic mass is 10.2. The predicted octanol–water partition coefficient (Wildman–Crippen LogP) is 1.44. The van der Waals surface area contributed by atoms with Gasteiger partial charge in [0.15, 0.2) is 0 Å². The highest BCUT2D eigenvalue weighted by Gasteiger charge is 2.24. The van der Waals surface area contributed by atoms with Gasteiger partial charge >= 0.3 is 5.97 Å². The predicted molar refractivity (Wildman–Crippen MR) is 84.6 cm³/mol. The molecule has 2 heterocycles. The summed E-state index contributed by atoms with van der Waals surface area (Å²) in [4.78, 5) is 37.3. The van der Waals surface area contributed by atoms with E-state index in [2.05, 4.69) is 4.98 Å². The quantitative estimate of drug-likeness (QED) is 0.558. The number of aromatic hydroxyl groups is 1. The minimum absolute atomic E-state index is 0.0918. The summed E-state index contributed by atoms with van der Waals surface area (Å²) in [6.45, 7) is 3.60. The van der Waals surface area contributed by atoms with Crippen LogP contribution in [0.25, 0.3) is 10.2 Å². The Kier molecular flexibility index (Phi) is 4.77. The molecular formula is C13H14N2O5S2. The number of aromatic nitrogens is 1. The average molecular weight is 342 g/mol. The SMILES string of the molecule is CCOC(=O)C(C)Sc1sc2c(O)cc(=O)[nH]c2c1C(N)=O. The van der Waals surface area contributed by atoms with Crippen LogP contribution in [0.5, 0.6) is 5.75 Å². The summed E-state index contributed by atoms with van der Waals surface area (Å²) in [6, 6.07) is 1.02. The third kappa shape index (κ3) is 3.09. The molecule has 0 aromatic carbocycles. The smallest absolute Gasteiger partial charge is 0.319 e. The van der Waals surface area contributed by atoms with E-state index in [0.29, 0.717) is 8.91 Å². The number of aromatic amines is 1. The molecule has 0 saturated heterocycles. The van der Waals surface area contributed by atoms with E-state index in [4.69, 9.17) is 10.5 Å². The number of thiophene rings is 1. The van der Waals surface area contributed by atoms with Crippen LogP contribution in [0.4, 0.5) is 0 Å². The Bertz CT molecular complexity index is 796. The van der Waals surface area contributed by atoms with Crippen LogP contribution in [0.3, 0.4) is 0 Å². The number of fused-ring (bicyclic) bond motifs is 1. The summed E-state index contributed by atoms with van der Waals surface area (Å²) in [5.41, 5.74) is 5.10. The number of pyridine rings is 1. The number of ether oxygens (including phenoxy) is 1.